The number of nitrogens with zero attached hydrogens (tertiary/aromatic N) is 1. The van der Waals surface area contributed by atoms with Crippen LogP contribution in [-0.2, 0) is 0 Å². The molecule has 1 amide bonds. The van der Waals surface area contributed by atoms with Crippen molar-refractivity contribution in [2.24, 2.45) is 0 Å². The highest BCUT2D eigenvalue weighted by Crippen LogP contribution is 2.30. The first-order valence-corrected chi connectivity index (χ1v) is 6.82. The van der Waals surface area contributed by atoms with Gasteiger partial charge in [-0.05, 0) is 25.1 Å². The van der Waals surface area contributed by atoms with Crippen LogP contribution in [0.1, 0.15) is 17.3 Å². The van der Waals surface area contributed by atoms with E-state index < -0.39 is 0 Å². The first-order chi connectivity index (χ1) is 9.63. The molecule has 0 atom stereocenters. The number of nitrogens with one attached hydrogen (secondary N) is 2. The van der Waals surface area contributed by atoms with E-state index in [2.05, 4.69) is 15.6 Å². The second-order valence-electron chi connectivity index (χ2n) is 4.01. The van der Waals surface area contributed by atoms with Gasteiger partial charge in [-0.25, -0.2) is 0 Å². The number of hydrogen-bond donors (Lipinski definition) is 2. The Labute approximate surface area is 127 Å². The van der Waals surface area contributed by atoms with Crippen LogP contribution in [0.5, 0.6) is 0 Å². The third-order valence-electron chi connectivity index (χ3n) is 2.63. The van der Waals surface area contributed by atoms with E-state index >= 15 is 0 Å². The van der Waals surface area contributed by atoms with Gasteiger partial charge in [0.1, 0.15) is 0 Å². The molecule has 0 saturated carbocycles. The molecular formula is C14H13Cl2N3O. The predicted molar refractivity (Wildman–Crippen MR) is 82.8 cm³/mol. The molecule has 0 saturated heterocycles. The number of benzene rings is 1. The van der Waals surface area contributed by atoms with Crippen molar-refractivity contribution < 1.29 is 4.79 Å². The predicted octanol–water partition coefficient (Wildman–Crippen LogP) is 4.07. The van der Waals surface area contributed by atoms with Crippen molar-refractivity contribution in [3.8, 4) is 0 Å². The SMILES string of the molecule is CCNc1ccncc1C(=O)Nc1cccc(Cl)c1Cl. The van der Waals surface area contributed by atoms with Crippen LogP contribution in [0.3, 0.4) is 0 Å². The van der Waals surface area contributed by atoms with Gasteiger partial charge in [-0.1, -0.05) is 29.3 Å². The minimum atomic E-state index is -0.293. The lowest BCUT2D eigenvalue weighted by Gasteiger charge is -2.11. The van der Waals surface area contributed by atoms with Gasteiger partial charge >= 0.3 is 0 Å². The average Bonchev–Trinajstić information content (AvgIpc) is 2.45. The van der Waals surface area contributed by atoms with Crippen LogP contribution in [0.25, 0.3) is 0 Å². The standard InChI is InChI=1S/C14H13Cl2N3O/c1-2-18-11-6-7-17-8-9(11)14(20)19-12-5-3-4-10(15)13(12)16/h3-8H,2H2,1H3,(H,17,18)(H,19,20). The Morgan fingerprint density at radius 3 is 2.80 bits per heavy atom. The van der Waals surface area contributed by atoms with Crippen molar-refractivity contribution >= 4 is 40.5 Å². The largest absolute Gasteiger partial charge is 0.385 e. The Kier molecular flexibility index (Phi) is 4.82. The highest BCUT2D eigenvalue weighted by molar-refractivity contribution is 6.44. The fourth-order valence-corrected chi connectivity index (χ4v) is 2.06. The van der Waals surface area contributed by atoms with Crippen LogP contribution in [0.4, 0.5) is 11.4 Å². The van der Waals surface area contributed by atoms with Gasteiger partial charge in [0.15, 0.2) is 0 Å². The number of amides is 1. The smallest absolute Gasteiger partial charge is 0.259 e. The molecule has 1 aromatic heterocycles. The molecule has 0 radical (unpaired) electrons. The molecule has 0 aliphatic rings. The Morgan fingerprint density at radius 1 is 1.25 bits per heavy atom. The van der Waals surface area contributed by atoms with E-state index in [0.717, 1.165) is 5.69 Å². The summed E-state index contributed by atoms with van der Waals surface area (Å²) in [6.07, 6.45) is 3.13. The zero-order valence-electron chi connectivity index (χ0n) is 10.8. The maximum Gasteiger partial charge on any atom is 0.259 e. The Morgan fingerprint density at radius 2 is 2.05 bits per heavy atom. The highest BCUT2D eigenvalue weighted by atomic mass is 35.5. The molecule has 2 N–H and O–H groups in total. The van der Waals surface area contributed by atoms with Crippen molar-refractivity contribution in [1.82, 2.24) is 4.98 Å². The topological polar surface area (TPSA) is 54.0 Å². The number of rotatable bonds is 4. The number of carbonyl (C=O) groups excluding carboxylic acids is 1. The maximum absolute atomic E-state index is 12.3. The molecule has 0 spiro atoms. The number of aromatic nitrogens is 1. The fourth-order valence-electron chi connectivity index (χ4n) is 1.71. The minimum Gasteiger partial charge on any atom is -0.385 e. The van der Waals surface area contributed by atoms with Gasteiger partial charge in [0.05, 0.1) is 27.0 Å². The van der Waals surface area contributed by atoms with E-state index in [0.29, 0.717) is 27.8 Å². The summed E-state index contributed by atoms with van der Waals surface area (Å²) in [7, 11) is 0. The van der Waals surface area contributed by atoms with Crippen molar-refractivity contribution in [2.45, 2.75) is 6.92 Å². The summed E-state index contributed by atoms with van der Waals surface area (Å²) in [4.78, 5) is 16.3. The van der Waals surface area contributed by atoms with Crippen molar-refractivity contribution in [2.75, 3.05) is 17.2 Å². The van der Waals surface area contributed by atoms with Crippen LogP contribution in [0.2, 0.25) is 10.0 Å². The second kappa shape index (κ2) is 6.59. The molecule has 20 heavy (non-hydrogen) atoms. The van der Waals surface area contributed by atoms with E-state index in [4.69, 9.17) is 23.2 Å². The number of anilines is 2. The molecule has 0 fully saturated rings. The Balaban J connectivity index is 2.26. The molecule has 0 aliphatic carbocycles. The van der Waals surface area contributed by atoms with Crippen molar-refractivity contribution in [1.29, 1.82) is 0 Å². The number of hydrogen-bond acceptors (Lipinski definition) is 3. The van der Waals surface area contributed by atoms with E-state index in [1.54, 1.807) is 30.5 Å². The van der Waals surface area contributed by atoms with E-state index in [1.807, 2.05) is 6.92 Å². The monoisotopic (exact) mass is 309 g/mol. The third kappa shape index (κ3) is 3.21. The normalized spacial score (nSPS) is 10.2. The van der Waals surface area contributed by atoms with Gasteiger partial charge in [0, 0.05) is 18.9 Å². The lowest BCUT2D eigenvalue weighted by Crippen LogP contribution is -2.15. The second-order valence-corrected chi connectivity index (χ2v) is 4.79. The summed E-state index contributed by atoms with van der Waals surface area (Å²) in [6, 6.07) is 6.82. The van der Waals surface area contributed by atoms with E-state index in [-0.39, 0.29) is 5.91 Å². The first kappa shape index (κ1) is 14.6. The lowest BCUT2D eigenvalue weighted by molar-refractivity contribution is 0.102. The molecule has 104 valence electrons. The molecule has 2 rings (SSSR count). The summed E-state index contributed by atoms with van der Waals surface area (Å²) in [5.74, 6) is -0.293. The Bertz CT molecular complexity index is 632. The van der Waals surface area contributed by atoms with E-state index in [9.17, 15) is 4.79 Å². The maximum atomic E-state index is 12.3. The summed E-state index contributed by atoms with van der Waals surface area (Å²) in [6.45, 7) is 2.66. The molecule has 0 aliphatic heterocycles. The van der Waals surface area contributed by atoms with Crippen LogP contribution in [-0.4, -0.2) is 17.4 Å². The first-order valence-electron chi connectivity index (χ1n) is 6.06. The molecule has 0 unspecified atom stereocenters. The molecule has 6 heteroatoms. The summed E-state index contributed by atoms with van der Waals surface area (Å²) < 4.78 is 0. The van der Waals surface area contributed by atoms with Crippen molar-refractivity contribution in [3.63, 3.8) is 0 Å². The van der Waals surface area contributed by atoms with E-state index in [1.165, 1.54) is 6.20 Å². The van der Waals surface area contributed by atoms with Crippen LogP contribution in [0, 0.1) is 0 Å². The van der Waals surface area contributed by atoms with Crippen LogP contribution in [0.15, 0.2) is 36.7 Å². The average molecular weight is 310 g/mol. The highest BCUT2D eigenvalue weighted by Gasteiger charge is 2.13. The minimum absolute atomic E-state index is 0.293. The molecule has 4 nitrogen and oxygen atoms in total. The summed E-state index contributed by atoms with van der Waals surface area (Å²) in [5, 5.41) is 6.55. The molecular weight excluding hydrogens is 297 g/mol. The van der Waals surface area contributed by atoms with Gasteiger partial charge in [-0.3, -0.25) is 9.78 Å². The van der Waals surface area contributed by atoms with Gasteiger partial charge in [-0.15, -0.1) is 0 Å². The number of carbonyl (C=O) groups is 1. The molecule has 1 heterocycles. The number of halogens is 2. The van der Waals surface area contributed by atoms with Gasteiger partial charge < -0.3 is 10.6 Å². The third-order valence-corrected chi connectivity index (χ3v) is 3.45. The van der Waals surface area contributed by atoms with Gasteiger partial charge in [0.2, 0.25) is 0 Å². The van der Waals surface area contributed by atoms with Gasteiger partial charge in [-0.2, -0.15) is 0 Å². The van der Waals surface area contributed by atoms with Crippen LogP contribution < -0.4 is 10.6 Å². The summed E-state index contributed by atoms with van der Waals surface area (Å²) in [5.41, 5.74) is 1.64. The molecule has 0 bridgehead atoms. The molecule has 2 aromatic rings. The number of pyridine rings is 1. The quantitative estimate of drug-likeness (QED) is 0.895. The van der Waals surface area contributed by atoms with Crippen LogP contribution >= 0.6 is 23.2 Å². The fraction of sp³-hybridized carbons (Fsp3) is 0.143. The van der Waals surface area contributed by atoms with Gasteiger partial charge in [0.25, 0.3) is 5.91 Å². The lowest BCUT2D eigenvalue weighted by atomic mass is 10.2. The Hall–Kier alpha value is -1.78. The zero-order valence-corrected chi connectivity index (χ0v) is 12.3. The van der Waals surface area contributed by atoms with Crippen molar-refractivity contribution in [3.05, 3.63) is 52.3 Å². The molecule has 1 aromatic carbocycles. The zero-order chi connectivity index (χ0) is 14.5. The summed E-state index contributed by atoms with van der Waals surface area (Å²) >= 11 is 12.0.